The van der Waals surface area contributed by atoms with Crippen molar-refractivity contribution < 1.29 is 4.84 Å². The lowest BCUT2D eigenvalue weighted by molar-refractivity contribution is 0.0436. The first-order valence-corrected chi connectivity index (χ1v) is 20.7. The quantitative estimate of drug-likeness (QED) is 0.0288. The van der Waals surface area contributed by atoms with Gasteiger partial charge in [-0.1, -0.05) is 152 Å². The first-order valence-electron chi connectivity index (χ1n) is 20.7. The molecule has 0 spiro atoms. The molecule has 0 bridgehead atoms. The third kappa shape index (κ3) is 38.7. The molecule has 3 nitrogen and oxygen atoms in total. The van der Waals surface area contributed by atoms with Crippen LogP contribution in [-0.2, 0) is 4.84 Å². The van der Waals surface area contributed by atoms with Gasteiger partial charge in [-0.05, 0) is 116 Å². The van der Waals surface area contributed by atoms with Crippen LogP contribution < -0.4 is 0 Å². The van der Waals surface area contributed by atoms with Crippen molar-refractivity contribution in [2.24, 2.45) is 5.16 Å². The average Bonchev–Trinajstić information content (AvgIpc) is 3.07. The maximum atomic E-state index is 6.06. The minimum atomic E-state index is 0.288. The van der Waals surface area contributed by atoms with Crippen LogP contribution in [-0.4, -0.2) is 37.4 Å². The van der Waals surface area contributed by atoms with Crippen LogP contribution in [0.4, 0.5) is 0 Å². The van der Waals surface area contributed by atoms with Crippen LogP contribution >= 0.6 is 0 Å². The van der Waals surface area contributed by atoms with Gasteiger partial charge in [-0.2, -0.15) is 0 Å². The molecule has 0 aromatic carbocycles. The zero-order valence-electron chi connectivity index (χ0n) is 32.3. The Balaban J connectivity index is 4.04. The zero-order chi connectivity index (χ0) is 34.1. The molecule has 0 aromatic heterocycles. The number of oxime groups is 1. The van der Waals surface area contributed by atoms with E-state index in [1.807, 2.05) is 6.21 Å². The van der Waals surface area contributed by atoms with Crippen LogP contribution in [0.1, 0.15) is 201 Å². The molecular weight excluding hydrogens is 572 g/mol. The van der Waals surface area contributed by atoms with Crippen LogP contribution in [0.3, 0.4) is 0 Å². The Morgan fingerprint density at radius 1 is 0.447 bits per heavy atom. The Bertz CT molecular complexity index is 689. The van der Waals surface area contributed by atoms with Crippen molar-refractivity contribution >= 4 is 6.21 Å². The van der Waals surface area contributed by atoms with E-state index >= 15 is 0 Å². The molecule has 3 heteroatoms. The molecule has 0 atom stereocenters. The molecule has 0 fully saturated rings. The molecule has 0 aliphatic carbocycles. The summed E-state index contributed by atoms with van der Waals surface area (Å²) in [5.74, 6) is 0. The van der Waals surface area contributed by atoms with E-state index in [0.29, 0.717) is 0 Å². The van der Waals surface area contributed by atoms with E-state index in [2.05, 4.69) is 86.5 Å². The predicted molar refractivity (Wildman–Crippen MR) is 214 cm³/mol. The van der Waals surface area contributed by atoms with Gasteiger partial charge in [-0.3, -0.25) is 0 Å². The molecule has 0 rings (SSSR count). The SMILES string of the molecule is CCCCC/C=C\C/C=C\CCCCCCCCC(CCCCCCCC/C=C\C/C=C\CCCCC)O/N=C\CCN(C)CCC. The standard InChI is InChI=1S/C44H82N2O/c1-5-8-10-12-14-16-18-20-22-24-26-28-30-32-34-36-39-44(47-45-41-38-43-46(4)42-7-3)40-37-35-33-31-29-27-25-23-21-19-17-15-13-11-9-6-2/h14-17,20-23,41,44H,5-13,18-19,24-40,42-43H2,1-4H3/b16-14-,17-15-,22-20-,23-21-,45-41-. The topological polar surface area (TPSA) is 24.8 Å². The Hall–Kier alpha value is -1.61. The number of hydrogen-bond acceptors (Lipinski definition) is 3. The van der Waals surface area contributed by atoms with E-state index in [0.717, 1.165) is 45.2 Å². The smallest absolute Gasteiger partial charge is 0.127 e. The van der Waals surface area contributed by atoms with Gasteiger partial charge in [-0.25, -0.2) is 0 Å². The lowest BCUT2D eigenvalue weighted by Crippen LogP contribution is -2.20. The van der Waals surface area contributed by atoms with Crippen molar-refractivity contribution in [2.45, 2.75) is 207 Å². The minimum Gasteiger partial charge on any atom is -0.393 e. The van der Waals surface area contributed by atoms with Gasteiger partial charge in [-0.15, -0.1) is 0 Å². The molecule has 0 saturated heterocycles. The van der Waals surface area contributed by atoms with E-state index in [1.165, 1.54) is 148 Å². The lowest BCUT2D eigenvalue weighted by Gasteiger charge is -2.16. The number of rotatable bonds is 37. The van der Waals surface area contributed by atoms with Gasteiger partial charge in [0.15, 0.2) is 0 Å². The van der Waals surface area contributed by atoms with Gasteiger partial charge in [0, 0.05) is 12.8 Å². The van der Waals surface area contributed by atoms with Crippen LogP contribution in [0.2, 0.25) is 0 Å². The monoisotopic (exact) mass is 655 g/mol. The van der Waals surface area contributed by atoms with Gasteiger partial charge in [0.1, 0.15) is 6.10 Å². The van der Waals surface area contributed by atoms with E-state index in [-0.39, 0.29) is 6.10 Å². The number of allylic oxidation sites excluding steroid dienone is 8. The molecule has 0 amide bonds. The van der Waals surface area contributed by atoms with E-state index in [9.17, 15) is 0 Å². The fraction of sp³-hybridized carbons (Fsp3) is 0.795. The van der Waals surface area contributed by atoms with Crippen molar-refractivity contribution in [3.05, 3.63) is 48.6 Å². The second kappa shape index (κ2) is 40.6. The largest absolute Gasteiger partial charge is 0.393 e. The summed E-state index contributed by atoms with van der Waals surface area (Å²) in [4.78, 5) is 8.43. The maximum absolute atomic E-state index is 6.06. The minimum absolute atomic E-state index is 0.288. The number of hydrogen-bond donors (Lipinski definition) is 0. The highest BCUT2D eigenvalue weighted by Gasteiger charge is 2.09. The molecule has 0 saturated carbocycles. The van der Waals surface area contributed by atoms with E-state index in [4.69, 9.17) is 4.84 Å². The van der Waals surface area contributed by atoms with Crippen molar-refractivity contribution in [3.8, 4) is 0 Å². The first-order chi connectivity index (χ1) is 23.2. The Labute approximate surface area is 295 Å². The fourth-order valence-electron chi connectivity index (χ4n) is 5.92. The van der Waals surface area contributed by atoms with E-state index in [1.54, 1.807) is 0 Å². The summed E-state index contributed by atoms with van der Waals surface area (Å²) < 4.78 is 0. The molecule has 47 heavy (non-hydrogen) atoms. The lowest BCUT2D eigenvalue weighted by atomic mass is 10.0. The van der Waals surface area contributed by atoms with Crippen molar-refractivity contribution in [2.75, 3.05) is 20.1 Å². The highest BCUT2D eigenvalue weighted by molar-refractivity contribution is 5.56. The molecule has 0 aliphatic heterocycles. The van der Waals surface area contributed by atoms with Crippen LogP contribution in [0.5, 0.6) is 0 Å². The molecule has 0 radical (unpaired) electrons. The number of nitrogens with zero attached hydrogens (tertiary/aromatic N) is 2. The van der Waals surface area contributed by atoms with Gasteiger partial charge < -0.3 is 9.74 Å². The van der Waals surface area contributed by atoms with Crippen molar-refractivity contribution in [1.29, 1.82) is 0 Å². The summed E-state index contributed by atoms with van der Waals surface area (Å²) in [6.07, 6.45) is 56.8. The molecule has 274 valence electrons. The summed E-state index contributed by atoms with van der Waals surface area (Å²) in [5, 5.41) is 4.41. The summed E-state index contributed by atoms with van der Waals surface area (Å²) in [5.41, 5.74) is 0. The molecule has 0 heterocycles. The van der Waals surface area contributed by atoms with Crippen LogP contribution in [0.15, 0.2) is 53.8 Å². The second-order valence-electron chi connectivity index (χ2n) is 13.9. The highest BCUT2D eigenvalue weighted by atomic mass is 16.6. The molecular formula is C44H82N2O. The molecule has 0 N–H and O–H groups in total. The van der Waals surface area contributed by atoms with Crippen LogP contribution in [0, 0.1) is 0 Å². The zero-order valence-corrected chi connectivity index (χ0v) is 32.3. The predicted octanol–water partition coefficient (Wildman–Crippen LogP) is 14.5. The Morgan fingerprint density at radius 3 is 1.28 bits per heavy atom. The van der Waals surface area contributed by atoms with Gasteiger partial charge >= 0.3 is 0 Å². The summed E-state index contributed by atoms with van der Waals surface area (Å²) in [7, 11) is 2.19. The van der Waals surface area contributed by atoms with Gasteiger partial charge in [0.05, 0.1) is 0 Å². The van der Waals surface area contributed by atoms with Crippen molar-refractivity contribution in [3.63, 3.8) is 0 Å². The Morgan fingerprint density at radius 2 is 0.851 bits per heavy atom. The summed E-state index contributed by atoms with van der Waals surface area (Å²) >= 11 is 0. The van der Waals surface area contributed by atoms with Gasteiger partial charge in [0.2, 0.25) is 0 Å². The summed E-state index contributed by atoms with van der Waals surface area (Å²) in [6.45, 7) is 8.98. The number of unbranched alkanes of at least 4 members (excludes halogenated alkanes) is 18. The molecule has 0 aromatic rings. The molecule has 0 aliphatic rings. The van der Waals surface area contributed by atoms with Crippen LogP contribution in [0.25, 0.3) is 0 Å². The summed E-state index contributed by atoms with van der Waals surface area (Å²) in [6, 6.07) is 0. The van der Waals surface area contributed by atoms with E-state index < -0.39 is 0 Å². The molecule has 0 unspecified atom stereocenters. The second-order valence-corrected chi connectivity index (χ2v) is 13.9. The van der Waals surface area contributed by atoms with Gasteiger partial charge in [0.25, 0.3) is 0 Å². The maximum Gasteiger partial charge on any atom is 0.127 e. The third-order valence-corrected chi connectivity index (χ3v) is 8.98. The normalized spacial score (nSPS) is 12.6. The highest BCUT2D eigenvalue weighted by Crippen LogP contribution is 2.18. The Kier molecular flexibility index (Phi) is 39.2. The first kappa shape index (κ1) is 45.4. The average molecular weight is 655 g/mol. The fourth-order valence-corrected chi connectivity index (χ4v) is 5.92. The van der Waals surface area contributed by atoms with Crippen molar-refractivity contribution in [1.82, 2.24) is 4.90 Å². The third-order valence-electron chi connectivity index (χ3n) is 8.98.